The average molecular weight is 272 g/mol. The molecule has 0 bridgehead atoms. The summed E-state index contributed by atoms with van der Waals surface area (Å²) in [4.78, 5) is 11.7. The first-order valence-corrected chi connectivity index (χ1v) is 8.22. The molecule has 4 heteroatoms. The van der Waals surface area contributed by atoms with Crippen molar-refractivity contribution in [1.29, 1.82) is 0 Å². The summed E-state index contributed by atoms with van der Waals surface area (Å²) in [6.07, 6.45) is 3.72. The van der Waals surface area contributed by atoms with E-state index >= 15 is 0 Å². The first kappa shape index (κ1) is 15.8. The van der Waals surface area contributed by atoms with Crippen LogP contribution >= 0.6 is 11.8 Å². The van der Waals surface area contributed by atoms with Gasteiger partial charge in [0.2, 0.25) is 5.91 Å². The van der Waals surface area contributed by atoms with Crippen molar-refractivity contribution in [2.45, 2.75) is 64.3 Å². The van der Waals surface area contributed by atoms with Gasteiger partial charge in [-0.25, -0.2) is 0 Å². The Balaban J connectivity index is 2.16. The topological polar surface area (TPSA) is 41.1 Å². The monoisotopic (exact) mass is 272 g/mol. The Labute approximate surface area is 116 Å². The average Bonchev–Trinajstić information content (AvgIpc) is 2.74. The van der Waals surface area contributed by atoms with Crippen LogP contribution in [0.2, 0.25) is 0 Å². The maximum atomic E-state index is 11.7. The maximum Gasteiger partial charge on any atom is 0.234 e. The molecule has 3 unspecified atom stereocenters. The molecule has 3 nitrogen and oxygen atoms in total. The number of thioether (sulfide) groups is 1. The zero-order chi connectivity index (χ0) is 13.5. The van der Waals surface area contributed by atoms with Gasteiger partial charge in [-0.1, -0.05) is 20.8 Å². The second kappa shape index (κ2) is 8.05. The van der Waals surface area contributed by atoms with Crippen molar-refractivity contribution in [2.24, 2.45) is 5.92 Å². The maximum absolute atomic E-state index is 11.7. The molecule has 18 heavy (non-hydrogen) atoms. The third kappa shape index (κ3) is 5.61. The zero-order valence-electron chi connectivity index (χ0n) is 12.2. The molecular formula is C14H28N2OS. The Morgan fingerprint density at radius 2 is 2.06 bits per heavy atom. The van der Waals surface area contributed by atoms with E-state index in [0.717, 1.165) is 5.25 Å². The number of rotatable bonds is 7. The van der Waals surface area contributed by atoms with Gasteiger partial charge in [0.15, 0.2) is 0 Å². The van der Waals surface area contributed by atoms with Crippen LogP contribution < -0.4 is 10.6 Å². The van der Waals surface area contributed by atoms with Crippen molar-refractivity contribution in [2.75, 3.05) is 12.3 Å². The Hall–Kier alpha value is -0.220. The Morgan fingerprint density at radius 3 is 2.67 bits per heavy atom. The van der Waals surface area contributed by atoms with Crippen LogP contribution in [0, 0.1) is 5.92 Å². The van der Waals surface area contributed by atoms with Crippen LogP contribution in [0.4, 0.5) is 0 Å². The number of amides is 1. The molecule has 0 aliphatic heterocycles. The lowest BCUT2D eigenvalue weighted by Gasteiger charge is -2.19. The summed E-state index contributed by atoms with van der Waals surface area (Å²) in [6, 6.07) is 0.792. The van der Waals surface area contributed by atoms with E-state index in [1.807, 2.05) is 0 Å². The van der Waals surface area contributed by atoms with Crippen LogP contribution in [0.15, 0.2) is 0 Å². The normalized spacial score (nSPS) is 25.4. The third-order valence-electron chi connectivity index (χ3n) is 3.73. The zero-order valence-corrected chi connectivity index (χ0v) is 13.0. The van der Waals surface area contributed by atoms with Crippen molar-refractivity contribution in [1.82, 2.24) is 10.6 Å². The quantitative estimate of drug-likeness (QED) is 0.748. The molecule has 3 atom stereocenters. The smallest absolute Gasteiger partial charge is 0.234 e. The summed E-state index contributed by atoms with van der Waals surface area (Å²) < 4.78 is 0. The Kier molecular flexibility index (Phi) is 7.08. The van der Waals surface area contributed by atoms with Crippen molar-refractivity contribution in [3.8, 4) is 0 Å². The molecule has 1 rings (SSSR count). The first-order chi connectivity index (χ1) is 8.52. The minimum absolute atomic E-state index is 0.128. The van der Waals surface area contributed by atoms with E-state index in [1.165, 1.54) is 25.0 Å². The molecule has 1 saturated carbocycles. The fourth-order valence-corrected chi connectivity index (χ4v) is 3.36. The predicted molar refractivity (Wildman–Crippen MR) is 80.0 cm³/mol. The molecule has 1 amide bonds. The van der Waals surface area contributed by atoms with Crippen LogP contribution in [-0.4, -0.2) is 35.5 Å². The highest BCUT2D eigenvalue weighted by atomic mass is 32.2. The summed E-state index contributed by atoms with van der Waals surface area (Å²) in [7, 11) is 0. The van der Waals surface area contributed by atoms with Gasteiger partial charge in [-0.3, -0.25) is 4.79 Å². The number of hydrogen-bond acceptors (Lipinski definition) is 3. The second-order valence-corrected chi connectivity index (χ2v) is 7.15. The largest absolute Gasteiger partial charge is 0.352 e. The summed E-state index contributed by atoms with van der Waals surface area (Å²) in [5, 5.41) is 7.22. The highest BCUT2D eigenvalue weighted by molar-refractivity contribution is 7.99. The number of hydrogen-bond donors (Lipinski definition) is 2. The standard InChI is InChI=1S/C14H28N2OS/c1-5-18-13-7-6-12(8-13)15-9-14(17)16-11(4)10(2)3/h10-13,15H,5-9H2,1-4H3,(H,16,17). The van der Waals surface area contributed by atoms with Gasteiger partial charge in [-0.2, -0.15) is 11.8 Å². The van der Waals surface area contributed by atoms with Gasteiger partial charge in [0, 0.05) is 17.3 Å². The fraction of sp³-hybridized carbons (Fsp3) is 0.929. The van der Waals surface area contributed by atoms with E-state index in [2.05, 4.69) is 50.1 Å². The number of nitrogens with one attached hydrogen (secondary N) is 2. The van der Waals surface area contributed by atoms with Gasteiger partial charge >= 0.3 is 0 Å². The van der Waals surface area contributed by atoms with Gasteiger partial charge in [0.05, 0.1) is 6.54 Å². The third-order valence-corrected chi connectivity index (χ3v) is 4.96. The van der Waals surface area contributed by atoms with E-state index in [4.69, 9.17) is 0 Å². The van der Waals surface area contributed by atoms with Crippen LogP contribution in [-0.2, 0) is 4.79 Å². The van der Waals surface area contributed by atoms with E-state index < -0.39 is 0 Å². The molecule has 0 aromatic heterocycles. The second-order valence-electron chi connectivity index (χ2n) is 5.57. The minimum atomic E-state index is 0.128. The van der Waals surface area contributed by atoms with Crippen molar-refractivity contribution in [3.05, 3.63) is 0 Å². The first-order valence-electron chi connectivity index (χ1n) is 7.17. The molecule has 0 saturated heterocycles. The molecule has 1 fully saturated rings. The van der Waals surface area contributed by atoms with Gasteiger partial charge in [0.1, 0.15) is 0 Å². The van der Waals surface area contributed by atoms with Crippen molar-refractivity contribution < 1.29 is 4.79 Å². The van der Waals surface area contributed by atoms with Crippen LogP contribution in [0.5, 0.6) is 0 Å². The van der Waals surface area contributed by atoms with Gasteiger partial charge in [-0.15, -0.1) is 0 Å². The van der Waals surface area contributed by atoms with Gasteiger partial charge in [-0.05, 0) is 37.9 Å². The van der Waals surface area contributed by atoms with E-state index in [1.54, 1.807) is 0 Å². The molecule has 1 aliphatic carbocycles. The van der Waals surface area contributed by atoms with Crippen molar-refractivity contribution >= 4 is 17.7 Å². The lowest BCUT2D eigenvalue weighted by atomic mass is 10.1. The highest BCUT2D eigenvalue weighted by Gasteiger charge is 2.24. The Morgan fingerprint density at radius 1 is 1.33 bits per heavy atom. The molecule has 106 valence electrons. The van der Waals surface area contributed by atoms with E-state index in [0.29, 0.717) is 18.5 Å². The Bertz CT molecular complexity index is 258. The molecule has 2 N–H and O–H groups in total. The van der Waals surface area contributed by atoms with Gasteiger partial charge < -0.3 is 10.6 Å². The van der Waals surface area contributed by atoms with Crippen LogP contribution in [0.25, 0.3) is 0 Å². The minimum Gasteiger partial charge on any atom is -0.352 e. The van der Waals surface area contributed by atoms with Gasteiger partial charge in [0.25, 0.3) is 0 Å². The molecule has 0 aromatic carbocycles. The molecule has 1 aliphatic rings. The number of carbonyl (C=O) groups is 1. The van der Waals surface area contributed by atoms with Crippen LogP contribution in [0.3, 0.4) is 0 Å². The summed E-state index contributed by atoms with van der Waals surface area (Å²) >= 11 is 2.05. The molecule has 0 spiro atoms. The highest BCUT2D eigenvalue weighted by Crippen LogP contribution is 2.29. The predicted octanol–water partition coefficient (Wildman–Crippen LogP) is 2.41. The lowest BCUT2D eigenvalue weighted by molar-refractivity contribution is -0.121. The number of carbonyl (C=O) groups excluding carboxylic acids is 1. The lowest BCUT2D eigenvalue weighted by Crippen LogP contribution is -2.43. The van der Waals surface area contributed by atoms with Crippen LogP contribution in [0.1, 0.15) is 47.0 Å². The van der Waals surface area contributed by atoms with E-state index in [9.17, 15) is 4.79 Å². The molecule has 0 heterocycles. The summed E-state index contributed by atoms with van der Waals surface area (Å²) in [5.41, 5.74) is 0. The molecular weight excluding hydrogens is 244 g/mol. The molecule has 0 radical (unpaired) electrons. The van der Waals surface area contributed by atoms with E-state index in [-0.39, 0.29) is 11.9 Å². The van der Waals surface area contributed by atoms with Crippen molar-refractivity contribution in [3.63, 3.8) is 0 Å². The SMILES string of the molecule is CCSC1CCC(NCC(=O)NC(C)C(C)C)C1. The fourth-order valence-electron chi connectivity index (χ4n) is 2.22. The summed E-state index contributed by atoms with van der Waals surface area (Å²) in [5.74, 6) is 1.82. The summed E-state index contributed by atoms with van der Waals surface area (Å²) in [6.45, 7) is 8.99. The molecule has 0 aromatic rings.